The van der Waals surface area contributed by atoms with E-state index in [2.05, 4.69) is 5.32 Å². The largest absolute Gasteiger partial charge is 0.399 e. The molecule has 0 saturated carbocycles. The van der Waals surface area contributed by atoms with Crippen molar-refractivity contribution in [3.05, 3.63) is 65.2 Å². The molecule has 0 heterocycles. The third-order valence-electron chi connectivity index (χ3n) is 3.15. The lowest BCUT2D eigenvalue weighted by Crippen LogP contribution is -2.27. The van der Waals surface area contributed by atoms with Gasteiger partial charge in [0.15, 0.2) is 0 Å². The van der Waals surface area contributed by atoms with Gasteiger partial charge in [0, 0.05) is 11.3 Å². The highest BCUT2D eigenvalue weighted by Crippen LogP contribution is 2.17. The molecule has 0 aliphatic rings. The van der Waals surface area contributed by atoms with Gasteiger partial charge in [-0.05, 0) is 43.2 Å². The highest BCUT2D eigenvalue weighted by Gasteiger charge is 2.12. The summed E-state index contributed by atoms with van der Waals surface area (Å²) in [5.74, 6) is -0.108. The number of benzene rings is 2. The minimum absolute atomic E-state index is 0.0323. The standard InChI is InChI=1S/C16H18N2O/c1-11-6-3-4-9-15(11)12(2)18-16(19)13-7-5-8-14(17)10-13/h3-10,12H,17H2,1-2H3,(H,18,19)/t12-/m1/s1. The average Bonchev–Trinajstić information content (AvgIpc) is 2.39. The number of carbonyl (C=O) groups is 1. The number of hydrogen-bond acceptors (Lipinski definition) is 2. The lowest BCUT2D eigenvalue weighted by atomic mass is 10.0. The maximum atomic E-state index is 12.1. The van der Waals surface area contributed by atoms with Crippen LogP contribution in [0.25, 0.3) is 0 Å². The molecule has 2 rings (SSSR count). The average molecular weight is 254 g/mol. The fourth-order valence-corrected chi connectivity index (χ4v) is 2.11. The van der Waals surface area contributed by atoms with Gasteiger partial charge in [-0.25, -0.2) is 0 Å². The number of nitrogens with two attached hydrogens (primary N) is 1. The molecule has 2 aromatic carbocycles. The van der Waals surface area contributed by atoms with Gasteiger partial charge in [-0.3, -0.25) is 4.79 Å². The third-order valence-corrected chi connectivity index (χ3v) is 3.15. The maximum Gasteiger partial charge on any atom is 0.251 e. The van der Waals surface area contributed by atoms with Crippen molar-refractivity contribution in [1.82, 2.24) is 5.32 Å². The molecule has 0 aliphatic heterocycles. The van der Waals surface area contributed by atoms with Crippen molar-refractivity contribution in [3.63, 3.8) is 0 Å². The third kappa shape index (κ3) is 3.13. The van der Waals surface area contributed by atoms with Crippen molar-refractivity contribution < 1.29 is 4.79 Å². The number of rotatable bonds is 3. The minimum atomic E-state index is -0.108. The predicted octanol–water partition coefficient (Wildman–Crippen LogP) is 3.07. The van der Waals surface area contributed by atoms with Crippen LogP contribution in [0.1, 0.15) is 34.5 Å². The highest BCUT2D eigenvalue weighted by atomic mass is 16.1. The van der Waals surface area contributed by atoms with Crippen LogP contribution in [0.15, 0.2) is 48.5 Å². The molecule has 0 unspecified atom stereocenters. The Labute approximate surface area is 113 Å². The van der Waals surface area contributed by atoms with Gasteiger partial charge in [0.25, 0.3) is 5.91 Å². The molecule has 2 aromatic rings. The maximum absolute atomic E-state index is 12.1. The van der Waals surface area contributed by atoms with E-state index in [0.717, 1.165) is 5.56 Å². The highest BCUT2D eigenvalue weighted by molar-refractivity contribution is 5.95. The topological polar surface area (TPSA) is 55.1 Å². The molecule has 3 nitrogen and oxygen atoms in total. The molecule has 3 N–H and O–H groups in total. The van der Waals surface area contributed by atoms with Gasteiger partial charge < -0.3 is 11.1 Å². The zero-order valence-corrected chi connectivity index (χ0v) is 11.2. The molecule has 0 spiro atoms. The normalized spacial score (nSPS) is 11.9. The fraction of sp³-hybridized carbons (Fsp3) is 0.188. The van der Waals surface area contributed by atoms with Crippen LogP contribution in [0, 0.1) is 6.92 Å². The Balaban J connectivity index is 2.13. The van der Waals surface area contributed by atoms with E-state index in [4.69, 9.17) is 5.73 Å². The second-order valence-corrected chi connectivity index (χ2v) is 4.68. The SMILES string of the molecule is Cc1ccccc1[C@@H](C)NC(=O)c1cccc(N)c1. The van der Waals surface area contributed by atoms with Crippen molar-refractivity contribution >= 4 is 11.6 Å². The molecule has 0 aromatic heterocycles. The van der Waals surface area contributed by atoms with Crippen LogP contribution < -0.4 is 11.1 Å². The number of carbonyl (C=O) groups excluding carboxylic acids is 1. The second kappa shape index (κ2) is 5.57. The molecule has 3 heteroatoms. The van der Waals surface area contributed by atoms with Gasteiger partial charge >= 0.3 is 0 Å². The van der Waals surface area contributed by atoms with Crippen LogP contribution in [-0.4, -0.2) is 5.91 Å². The second-order valence-electron chi connectivity index (χ2n) is 4.68. The van der Waals surface area contributed by atoms with E-state index in [1.54, 1.807) is 24.3 Å². The predicted molar refractivity (Wildman–Crippen MR) is 77.9 cm³/mol. The van der Waals surface area contributed by atoms with E-state index in [9.17, 15) is 4.79 Å². The Morgan fingerprint density at radius 3 is 2.58 bits per heavy atom. The number of aryl methyl sites for hydroxylation is 1. The van der Waals surface area contributed by atoms with E-state index in [1.165, 1.54) is 5.56 Å². The number of hydrogen-bond donors (Lipinski definition) is 2. The van der Waals surface area contributed by atoms with Crippen LogP contribution in [-0.2, 0) is 0 Å². The smallest absolute Gasteiger partial charge is 0.251 e. The van der Waals surface area contributed by atoms with Crippen LogP contribution >= 0.6 is 0 Å². The monoisotopic (exact) mass is 254 g/mol. The van der Waals surface area contributed by atoms with Crippen molar-refractivity contribution in [2.45, 2.75) is 19.9 Å². The van der Waals surface area contributed by atoms with E-state index in [0.29, 0.717) is 11.3 Å². The Morgan fingerprint density at radius 1 is 1.16 bits per heavy atom. The van der Waals surface area contributed by atoms with Gasteiger partial charge in [-0.1, -0.05) is 30.3 Å². The molecule has 0 aliphatic carbocycles. The Morgan fingerprint density at radius 2 is 1.89 bits per heavy atom. The molecular weight excluding hydrogens is 236 g/mol. The Kier molecular flexibility index (Phi) is 3.85. The van der Waals surface area contributed by atoms with Gasteiger partial charge in [0.2, 0.25) is 0 Å². The van der Waals surface area contributed by atoms with Gasteiger partial charge in [0.05, 0.1) is 6.04 Å². The number of anilines is 1. The van der Waals surface area contributed by atoms with Crippen LogP contribution in [0.5, 0.6) is 0 Å². The lowest BCUT2D eigenvalue weighted by molar-refractivity contribution is 0.0940. The molecule has 0 fully saturated rings. The van der Waals surface area contributed by atoms with Crippen molar-refractivity contribution in [3.8, 4) is 0 Å². The van der Waals surface area contributed by atoms with E-state index < -0.39 is 0 Å². The fourth-order valence-electron chi connectivity index (χ4n) is 2.11. The zero-order valence-electron chi connectivity index (χ0n) is 11.2. The van der Waals surface area contributed by atoms with E-state index in [-0.39, 0.29) is 11.9 Å². The Bertz CT molecular complexity index is 593. The molecule has 98 valence electrons. The molecule has 19 heavy (non-hydrogen) atoms. The van der Waals surface area contributed by atoms with Crippen molar-refractivity contribution in [2.75, 3.05) is 5.73 Å². The quantitative estimate of drug-likeness (QED) is 0.827. The summed E-state index contributed by atoms with van der Waals surface area (Å²) in [5.41, 5.74) is 9.15. The summed E-state index contributed by atoms with van der Waals surface area (Å²) < 4.78 is 0. The molecule has 1 atom stereocenters. The summed E-state index contributed by atoms with van der Waals surface area (Å²) in [6, 6.07) is 15.0. The Hall–Kier alpha value is -2.29. The molecule has 0 saturated heterocycles. The lowest BCUT2D eigenvalue weighted by Gasteiger charge is -2.16. The zero-order chi connectivity index (χ0) is 13.8. The number of nitrogens with one attached hydrogen (secondary N) is 1. The molecule has 1 amide bonds. The van der Waals surface area contributed by atoms with Crippen LogP contribution in [0.3, 0.4) is 0 Å². The first-order chi connectivity index (χ1) is 9.08. The van der Waals surface area contributed by atoms with E-state index >= 15 is 0 Å². The molecule has 0 bridgehead atoms. The van der Waals surface area contributed by atoms with Crippen LogP contribution in [0.2, 0.25) is 0 Å². The summed E-state index contributed by atoms with van der Waals surface area (Å²) in [6.45, 7) is 4.02. The number of nitrogen functional groups attached to an aromatic ring is 1. The van der Waals surface area contributed by atoms with Gasteiger partial charge in [0.1, 0.15) is 0 Å². The first kappa shape index (κ1) is 13.1. The van der Waals surface area contributed by atoms with Crippen molar-refractivity contribution in [1.29, 1.82) is 0 Å². The summed E-state index contributed by atoms with van der Waals surface area (Å²) in [5, 5.41) is 2.99. The summed E-state index contributed by atoms with van der Waals surface area (Å²) >= 11 is 0. The minimum Gasteiger partial charge on any atom is -0.399 e. The molecule has 0 radical (unpaired) electrons. The van der Waals surface area contributed by atoms with Gasteiger partial charge in [-0.15, -0.1) is 0 Å². The first-order valence-electron chi connectivity index (χ1n) is 6.30. The first-order valence-corrected chi connectivity index (χ1v) is 6.30. The van der Waals surface area contributed by atoms with E-state index in [1.807, 2.05) is 38.1 Å². The number of amides is 1. The van der Waals surface area contributed by atoms with Crippen molar-refractivity contribution in [2.24, 2.45) is 0 Å². The summed E-state index contributed by atoms with van der Waals surface area (Å²) in [7, 11) is 0. The van der Waals surface area contributed by atoms with Gasteiger partial charge in [-0.2, -0.15) is 0 Å². The van der Waals surface area contributed by atoms with Crippen LogP contribution in [0.4, 0.5) is 5.69 Å². The molecular formula is C16H18N2O. The summed E-state index contributed by atoms with van der Waals surface area (Å²) in [6.07, 6.45) is 0. The summed E-state index contributed by atoms with van der Waals surface area (Å²) in [4.78, 5) is 12.1.